The monoisotopic (exact) mass is 300 g/mol. The summed E-state index contributed by atoms with van der Waals surface area (Å²) in [5, 5.41) is 9.77. The smallest absolute Gasteiger partial charge is 0.345 e. The van der Waals surface area contributed by atoms with Gasteiger partial charge in [-0.2, -0.15) is 0 Å². The molecule has 0 saturated carbocycles. The Morgan fingerprint density at radius 3 is 2.45 bits per heavy atom. The van der Waals surface area contributed by atoms with Crippen LogP contribution < -0.4 is 0 Å². The number of carbonyl (C=O) groups excluding carboxylic acids is 2. The van der Waals surface area contributed by atoms with Crippen molar-refractivity contribution in [2.45, 2.75) is 63.5 Å². The Balaban J connectivity index is 2.55. The standard InChI is InChI=1S/C15H24O4S/c1-4-5-6-7-8-9-10-15(2)12(16)11(13(17)19-3)14(18)20-15/h16H,4-10H2,1-3H3/t15-/m1/s1. The van der Waals surface area contributed by atoms with E-state index >= 15 is 0 Å². The van der Waals surface area contributed by atoms with Crippen molar-refractivity contribution >= 4 is 22.8 Å². The van der Waals surface area contributed by atoms with Crippen LogP contribution in [0.1, 0.15) is 58.8 Å². The predicted molar refractivity (Wildman–Crippen MR) is 80.7 cm³/mol. The van der Waals surface area contributed by atoms with Gasteiger partial charge in [0.25, 0.3) is 0 Å². The number of aliphatic hydroxyl groups is 1. The van der Waals surface area contributed by atoms with Crippen molar-refractivity contribution in [3.63, 3.8) is 0 Å². The van der Waals surface area contributed by atoms with Crippen LogP contribution in [0.5, 0.6) is 0 Å². The molecule has 0 amide bonds. The number of unbranched alkanes of at least 4 members (excludes halogenated alkanes) is 5. The lowest BCUT2D eigenvalue weighted by Gasteiger charge is -2.22. The number of methoxy groups -OCH3 is 1. The van der Waals surface area contributed by atoms with Gasteiger partial charge < -0.3 is 9.84 Å². The summed E-state index contributed by atoms with van der Waals surface area (Å²) in [4.78, 5) is 23.3. The van der Waals surface area contributed by atoms with Crippen molar-refractivity contribution in [2.24, 2.45) is 0 Å². The van der Waals surface area contributed by atoms with Gasteiger partial charge in [-0.25, -0.2) is 4.79 Å². The lowest BCUT2D eigenvalue weighted by molar-refractivity contribution is -0.137. The minimum Gasteiger partial charge on any atom is -0.510 e. The molecule has 0 bridgehead atoms. The molecule has 0 aliphatic carbocycles. The molecule has 0 radical (unpaired) electrons. The van der Waals surface area contributed by atoms with Crippen LogP contribution in [0, 0.1) is 0 Å². The predicted octanol–water partition coefficient (Wildman–Crippen LogP) is 3.75. The highest BCUT2D eigenvalue weighted by Crippen LogP contribution is 2.45. The molecular formula is C15H24O4S. The first-order valence-corrected chi connectivity index (χ1v) is 8.03. The number of rotatable bonds is 8. The largest absolute Gasteiger partial charge is 0.510 e. The van der Waals surface area contributed by atoms with E-state index in [9.17, 15) is 14.7 Å². The van der Waals surface area contributed by atoms with E-state index in [1.165, 1.54) is 32.8 Å². The van der Waals surface area contributed by atoms with Crippen molar-refractivity contribution in [3.8, 4) is 0 Å². The van der Waals surface area contributed by atoms with E-state index < -0.39 is 10.7 Å². The number of esters is 1. The van der Waals surface area contributed by atoms with Gasteiger partial charge in [0.1, 0.15) is 5.76 Å². The zero-order valence-corrected chi connectivity index (χ0v) is 13.3. The maximum absolute atomic E-state index is 11.8. The van der Waals surface area contributed by atoms with Crippen LogP contribution in [0.3, 0.4) is 0 Å². The van der Waals surface area contributed by atoms with E-state index in [1.54, 1.807) is 0 Å². The first-order valence-electron chi connectivity index (χ1n) is 7.21. The number of hydrogen-bond acceptors (Lipinski definition) is 5. The van der Waals surface area contributed by atoms with Gasteiger partial charge in [0.05, 0.1) is 11.9 Å². The highest BCUT2D eigenvalue weighted by atomic mass is 32.2. The van der Waals surface area contributed by atoms with Crippen LogP contribution in [0.15, 0.2) is 11.3 Å². The fourth-order valence-corrected chi connectivity index (χ4v) is 3.50. The molecule has 4 nitrogen and oxygen atoms in total. The Morgan fingerprint density at radius 1 is 1.25 bits per heavy atom. The molecule has 1 N–H and O–H groups in total. The maximum Gasteiger partial charge on any atom is 0.345 e. The van der Waals surface area contributed by atoms with Crippen LogP contribution in [0.4, 0.5) is 0 Å². The third-order valence-corrected chi connectivity index (χ3v) is 4.89. The van der Waals surface area contributed by atoms with E-state index in [-0.39, 0.29) is 16.4 Å². The van der Waals surface area contributed by atoms with Crippen LogP contribution in [0.2, 0.25) is 0 Å². The van der Waals surface area contributed by atoms with Crippen molar-refractivity contribution < 1.29 is 19.4 Å². The summed E-state index contributed by atoms with van der Waals surface area (Å²) in [5.41, 5.74) is -0.189. The summed E-state index contributed by atoms with van der Waals surface area (Å²) in [6, 6.07) is 0. The number of carbonyl (C=O) groups is 2. The van der Waals surface area contributed by atoms with Gasteiger partial charge in [-0.15, -0.1) is 0 Å². The van der Waals surface area contributed by atoms with Crippen LogP contribution in [0.25, 0.3) is 0 Å². The van der Waals surface area contributed by atoms with E-state index in [0.29, 0.717) is 6.42 Å². The Labute approximate surface area is 125 Å². The summed E-state index contributed by atoms with van der Waals surface area (Å²) in [7, 11) is 1.21. The average Bonchev–Trinajstić information content (AvgIpc) is 2.64. The molecule has 1 aliphatic rings. The number of thioether (sulfide) groups is 1. The quantitative estimate of drug-likeness (QED) is 0.420. The molecule has 0 saturated heterocycles. The molecule has 1 rings (SSSR count). The Hall–Kier alpha value is -0.970. The molecule has 0 unspecified atom stereocenters. The SMILES string of the molecule is CCCCCCCC[C@@]1(C)SC(=O)C(C(=O)OC)=C1O. The molecule has 0 spiro atoms. The molecule has 114 valence electrons. The fraction of sp³-hybridized carbons (Fsp3) is 0.733. The van der Waals surface area contributed by atoms with E-state index in [2.05, 4.69) is 11.7 Å². The minimum atomic E-state index is -0.744. The van der Waals surface area contributed by atoms with Crippen LogP contribution in [-0.4, -0.2) is 28.0 Å². The molecule has 20 heavy (non-hydrogen) atoms. The van der Waals surface area contributed by atoms with Crippen molar-refractivity contribution in [1.29, 1.82) is 0 Å². The van der Waals surface area contributed by atoms with Gasteiger partial charge in [0, 0.05) is 0 Å². The maximum atomic E-state index is 11.8. The van der Waals surface area contributed by atoms with Crippen molar-refractivity contribution in [2.75, 3.05) is 7.11 Å². The normalized spacial score (nSPS) is 22.4. The summed E-state index contributed by atoms with van der Waals surface area (Å²) in [5.74, 6) is -0.862. The zero-order chi connectivity index (χ0) is 15.2. The summed E-state index contributed by atoms with van der Waals surface area (Å²) < 4.78 is 3.87. The molecule has 1 atom stereocenters. The van der Waals surface area contributed by atoms with Gasteiger partial charge >= 0.3 is 5.97 Å². The molecule has 0 aromatic rings. The fourth-order valence-electron chi connectivity index (χ4n) is 2.36. The lowest BCUT2D eigenvalue weighted by Crippen LogP contribution is -2.21. The van der Waals surface area contributed by atoms with Crippen molar-refractivity contribution in [1.82, 2.24) is 0 Å². The third kappa shape index (κ3) is 4.01. The summed E-state index contributed by atoms with van der Waals surface area (Å²) in [6.07, 6.45) is 7.60. The molecular weight excluding hydrogens is 276 g/mol. The highest BCUT2D eigenvalue weighted by Gasteiger charge is 2.46. The highest BCUT2D eigenvalue weighted by molar-refractivity contribution is 8.16. The van der Waals surface area contributed by atoms with Crippen molar-refractivity contribution in [3.05, 3.63) is 11.3 Å². The Bertz CT molecular complexity index is 403. The topological polar surface area (TPSA) is 63.6 Å². The zero-order valence-electron chi connectivity index (χ0n) is 12.5. The van der Waals surface area contributed by atoms with Crippen LogP contribution in [-0.2, 0) is 14.3 Å². The first kappa shape index (κ1) is 17.1. The number of hydrogen-bond donors (Lipinski definition) is 1. The Morgan fingerprint density at radius 2 is 1.85 bits per heavy atom. The number of aliphatic hydroxyl groups excluding tert-OH is 1. The number of ether oxygens (including phenoxy) is 1. The second kappa shape index (κ2) is 7.72. The van der Waals surface area contributed by atoms with Gasteiger partial charge in [-0.05, 0) is 13.3 Å². The first-order chi connectivity index (χ1) is 9.46. The van der Waals surface area contributed by atoms with E-state index in [0.717, 1.165) is 24.6 Å². The summed E-state index contributed by atoms with van der Waals surface area (Å²) in [6.45, 7) is 3.99. The lowest BCUT2D eigenvalue weighted by atomic mass is 9.97. The molecule has 1 aliphatic heterocycles. The average molecular weight is 300 g/mol. The molecule has 0 aromatic carbocycles. The molecule has 0 fully saturated rings. The minimum absolute atomic E-state index is 0.118. The van der Waals surface area contributed by atoms with Gasteiger partial charge in [-0.1, -0.05) is 57.2 Å². The molecule has 0 aromatic heterocycles. The van der Waals surface area contributed by atoms with Gasteiger partial charge in [0.2, 0.25) is 5.12 Å². The van der Waals surface area contributed by atoms with E-state index in [1.807, 2.05) is 6.92 Å². The van der Waals surface area contributed by atoms with Gasteiger partial charge in [0.15, 0.2) is 5.57 Å². The van der Waals surface area contributed by atoms with Gasteiger partial charge in [-0.3, -0.25) is 4.79 Å². The molecule has 1 heterocycles. The second-order valence-corrected chi connectivity index (χ2v) is 6.83. The van der Waals surface area contributed by atoms with E-state index in [4.69, 9.17) is 0 Å². The third-order valence-electron chi connectivity index (χ3n) is 3.66. The second-order valence-electron chi connectivity index (χ2n) is 5.35. The Kier molecular flexibility index (Phi) is 6.59. The molecule has 5 heteroatoms. The summed E-state index contributed by atoms with van der Waals surface area (Å²) >= 11 is 1.03. The van der Waals surface area contributed by atoms with Crippen LogP contribution >= 0.6 is 11.8 Å².